The first-order chi connectivity index (χ1) is 8.94. The van der Waals surface area contributed by atoms with Crippen LogP contribution in [0.3, 0.4) is 0 Å². The van der Waals surface area contributed by atoms with Crippen molar-refractivity contribution in [3.05, 3.63) is 24.3 Å². The lowest BCUT2D eigenvalue weighted by Crippen LogP contribution is -2.36. The maximum atomic E-state index is 11.5. The summed E-state index contributed by atoms with van der Waals surface area (Å²) in [6, 6.07) is 0.432. The number of amides is 1. The Morgan fingerprint density at radius 3 is 2.84 bits per heavy atom. The third-order valence-corrected chi connectivity index (χ3v) is 2.65. The number of carbonyl (C=O) groups excluding carboxylic acids is 1. The normalized spacial score (nSPS) is 21.8. The van der Waals surface area contributed by atoms with Gasteiger partial charge in [0.2, 0.25) is 0 Å². The largest absolute Gasteiger partial charge is 0.444 e. The lowest BCUT2D eigenvalue weighted by Gasteiger charge is -2.19. The number of ether oxygens (including phenoxy) is 1. The maximum Gasteiger partial charge on any atom is 0.407 e. The molecule has 2 unspecified atom stereocenters. The van der Waals surface area contributed by atoms with Crippen molar-refractivity contribution in [1.82, 2.24) is 20.6 Å². The van der Waals surface area contributed by atoms with E-state index < -0.39 is 5.60 Å². The molecule has 1 aliphatic carbocycles. The van der Waals surface area contributed by atoms with E-state index in [0.717, 1.165) is 12.1 Å². The fraction of sp³-hybridized carbons (Fsp3) is 0.615. The summed E-state index contributed by atoms with van der Waals surface area (Å²) in [6.45, 7) is 6.21. The van der Waals surface area contributed by atoms with Crippen molar-refractivity contribution in [3.63, 3.8) is 0 Å². The summed E-state index contributed by atoms with van der Waals surface area (Å²) in [5, 5.41) is 6.16. The quantitative estimate of drug-likeness (QED) is 0.855. The molecule has 2 atom stereocenters. The van der Waals surface area contributed by atoms with E-state index in [1.807, 2.05) is 20.8 Å². The van der Waals surface area contributed by atoms with E-state index in [9.17, 15) is 4.79 Å². The Bertz CT molecular complexity index is 430. The molecule has 1 amide bonds. The van der Waals surface area contributed by atoms with Crippen LogP contribution in [-0.2, 0) is 11.3 Å². The van der Waals surface area contributed by atoms with E-state index in [1.165, 1.54) is 0 Å². The van der Waals surface area contributed by atoms with Gasteiger partial charge in [-0.1, -0.05) is 0 Å². The second-order valence-corrected chi connectivity index (χ2v) is 5.67. The van der Waals surface area contributed by atoms with Crippen molar-refractivity contribution >= 4 is 6.09 Å². The topological polar surface area (TPSA) is 76.1 Å². The SMILES string of the molecule is CC(C)(C)OC(=O)NC1CC1NCc1cnccn1. The van der Waals surface area contributed by atoms with Crippen LogP contribution in [0.2, 0.25) is 0 Å². The highest BCUT2D eigenvalue weighted by Gasteiger charge is 2.38. The first kappa shape index (κ1) is 13.7. The summed E-state index contributed by atoms with van der Waals surface area (Å²) in [5.41, 5.74) is 0.437. The Hall–Kier alpha value is -1.69. The van der Waals surface area contributed by atoms with Gasteiger partial charge in [-0.05, 0) is 27.2 Å². The molecule has 0 spiro atoms. The van der Waals surface area contributed by atoms with Crippen LogP contribution in [0.1, 0.15) is 32.9 Å². The van der Waals surface area contributed by atoms with Crippen LogP contribution >= 0.6 is 0 Å². The molecule has 19 heavy (non-hydrogen) atoms. The van der Waals surface area contributed by atoms with Gasteiger partial charge in [0, 0.05) is 37.2 Å². The Labute approximate surface area is 113 Å². The van der Waals surface area contributed by atoms with Crippen molar-refractivity contribution in [2.45, 2.75) is 51.4 Å². The monoisotopic (exact) mass is 264 g/mol. The van der Waals surface area contributed by atoms with Gasteiger partial charge in [-0.2, -0.15) is 0 Å². The maximum absolute atomic E-state index is 11.5. The van der Waals surface area contributed by atoms with E-state index >= 15 is 0 Å². The Morgan fingerprint density at radius 2 is 2.21 bits per heavy atom. The average molecular weight is 264 g/mol. The van der Waals surface area contributed by atoms with Crippen LogP contribution in [0.5, 0.6) is 0 Å². The minimum atomic E-state index is -0.457. The first-order valence-corrected chi connectivity index (χ1v) is 6.42. The second kappa shape index (κ2) is 5.52. The molecule has 1 heterocycles. The fourth-order valence-corrected chi connectivity index (χ4v) is 1.70. The number of alkyl carbamates (subject to hydrolysis) is 1. The van der Waals surface area contributed by atoms with Crippen molar-refractivity contribution < 1.29 is 9.53 Å². The number of nitrogens with zero attached hydrogens (tertiary/aromatic N) is 2. The number of carbonyl (C=O) groups is 1. The average Bonchev–Trinajstić information content (AvgIpc) is 3.03. The number of rotatable bonds is 4. The minimum Gasteiger partial charge on any atom is -0.444 e. The van der Waals surface area contributed by atoms with Crippen molar-refractivity contribution in [2.24, 2.45) is 0 Å². The molecule has 0 aromatic carbocycles. The van der Waals surface area contributed by atoms with Crippen molar-refractivity contribution in [2.75, 3.05) is 0 Å². The molecule has 6 heteroatoms. The third kappa shape index (κ3) is 4.82. The van der Waals surface area contributed by atoms with Crippen LogP contribution in [-0.4, -0.2) is 33.7 Å². The van der Waals surface area contributed by atoms with Gasteiger partial charge in [-0.15, -0.1) is 0 Å². The second-order valence-electron chi connectivity index (χ2n) is 5.67. The lowest BCUT2D eigenvalue weighted by molar-refractivity contribution is 0.0522. The molecule has 0 saturated heterocycles. The predicted molar refractivity (Wildman–Crippen MR) is 70.4 cm³/mol. The summed E-state index contributed by atoms with van der Waals surface area (Å²) in [4.78, 5) is 19.7. The standard InChI is InChI=1S/C13H20N4O2/c1-13(2,3)19-12(18)17-11-6-10(11)16-8-9-7-14-4-5-15-9/h4-5,7,10-11,16H,6,8H2,1-3H3,(H,17,18). The zero-order valence-electron chi connectivity index (χ0n) is 11.5. The summed E-state index contributed by atoms with van der Waals surface area (Å²) >= 11 is 0. The molecule has 2 rings (SSSR count). The molecule has 104 valence electrons. The molecule has 1 aromatic heterocycles. The van der Waals surface area contributed by atoms with Crippen LogP contribution in [0.25, 0.3) is 0 Å². The number of hydrogen-bond acceptors (Lipinski definition) is 5. The van der Waals surface area contributed by atoms with Gasteiger partial charge in [0.1, 0.15) is 5.60 Å². The van der Waals surface area contributed by atoms with Gasteiger partial charge in [0.05, 0.1) is 5.69 Å². The highest BCUT2D eigenvalue weighted by atomic mass is 16.6. The Kier molecular flexibility index (Phi) is 3.99. The van der Waals surface area contributed by atoms with Gasteiger partial charge in [0.15, 0.2) is 0 Å². The first-order valence-electron chi connectivity index (χ1n) is 6.42. The molecule has 2 N–H and O–H groups in total. The third-order valence-electron chi connectivity index (χ3n) is 2.65. The molecule has 1 saturated carbocycles. The van der Waals surface area contributed by atoms with Crippen LogP contribution in [0.4, 0.5) is 4.79 Å². The van der Waals surface area contributed by atoms with Crippen LogP contribution < -0.4 is 10.6 Å². The summed E-state index contributed by atoms with van der Waals surface area (Å²) in [5.74, 6) is 0. The minimum absolute atomic E-state index is 0.145. The van der Waals surface area contributed by atoms with Crippen LogP contribution in [0.15, 0.2) is 18.6 Å². The zero-order valence-corrected chi connectivity index (χ0v) is 11.5. The van der Waals surface area contributed by atoms with E-state index in [-0.39, 0.29) is 18.2 Å². The Morgan fingerprint density at radius 1 is 1.42 bits per heavy atom. The van der Waals surface area contributed by atoms with Crippen LogP contribution in [0, 0.1) is 0 Å². The molecule has 0 aliphatic heterocycles. The van der Waals surface area contributed by atoms with Gasteiger partial charge in [0.25, 0.3) is 0 Å². The summed E-state index contributed by atoms with van der Waals surface area (Å²) in [7, 11) is 0. The summed E-state index contributed by atoms with van der Waals surface area (Å²) in [6.07, 6.45) is 5.60. The lowest BCUT2D eigenvalue weighted by atomic mass is 10.2. The molecule has 0 bridgehead atoms. The molecule has 1 aliphatic rings. The van der Waals surface area contributed by atoms with Gasteiger partial charge >= 0.3 is 6.09 Å². The number of aromatic nitrogens is 2. The van der Waals surface area contributed by atoms with Gasteiger partial charge in [-0.3, -0.25) is 9.97 Å². The molecule has 0 radical (unpaired) electrons. The molecule has 1 aromatic rings. The molecular formula is C13H20N4O2. The summed E-state index contributed by atoms with van der Waals surface area (Å²) < 4.78 is 5.20. The van der Waals surface area contributed by atoms with E-state index in [2.05, 4.69) is 20.6 Å². The Balaban J connectivity index is 1.66. The highest BCUT2D eigenvalue weighted by Crippen LogP contribution is 2.22. The van der Waals surface area contributed by atoms with Gasteiger partial charge < -0.3 is 15.4 Å². The number of hydrogen-bond donors (Lipinski definition) is 2. The fourth-order valence-electron chi connectivity index (χ4n) is 1.70. The smallest absolute Gasteiger partial charge is 0.407 e. The highest BCUT2D eigenvalue weighted by molar-refractivity contribution is 5.68. The predicted octanol–water partition coefficient (Wildman–Crippen LogP) is 1.23. The van der Waals surface area contributed by atoms with Crippen molar-refractivity contribution in [1.29, 1.82) is 0 Å². The van der Waals surface area contributed by atoms with E-state index in [1.54, 1.807) is 18.6 Å². The zero-order chi connectivity index (χ0) is 13.9. The van der Waals surface area contributed by atoms with Gasteiger partial charge in [-0.25, -0.2) is 4.79 Å². The molecule has 1 fully saturated rings. The number of nitrogens with one attached hydrogen (secondary N) is 2. The van der Waals surface area contributed by atoms with E-state index in [4.69, 9.17) is 4.74 Å². The van der Waals surface area contributed by atoms with E-state index in [0.29, 0.717) is 6.54 Å². The molecular weight excluding hydrogens is 244 g/mol. The molecule has 6 nitrogen and oxygen atoms in total. The van der Waals surface area contributed by atoms with Crippen molar-refractivity contribution in [3.8, 4) is 0 Å².